The van der Waals surface area contributed by atoms with Gasteiger partial charge in [0.1, 0.15) is 18.2 Å². The molecule has 0 saturated carbocycles. The molecule has 10 heteroatoms. The number of benzene rings is 2. The monoisotopic (exact) mass is 481 g/mol. The number of ether oxygens (including phenoxy) is 2. The number of rotatable bonds is 8. The molecule has 2 atom stereocenters. The number of amidine groups is 1. The lowest BCUT2D eigenvalue weighted by atomic mass is 10.0. The van der Waals surface area contributed by atoms with Crippen LogP contribution in [0.2, 0.25) is 0 Å². The van der Waals surface area contributed by atoms with Crippen LogP contribution >= 0.6 is 12.4 Å². The molecular weight excluding hydrogens is 454 g/mol. The van der Waals surface area contributed by atoms with Gasteiger partial charge in [-0.2, -0.15) is 4.31 Å². The summed E-state index contributed by atoms with van der Waals surface area (Å²) in [7, 11) is -2.19. The van der Waals surface area contributed by atoms with Crippen molar-refractivity contribution in [3.63, 3.8) is 0 Å². The topological polar surface area (TPSA) is 123 Å². The van der Waals surface area contributed by atoms with Crippen LogP contribution in [-0.2, 0) is 19.6 Å². The molecule has 0 amide bonds. The highest BCUT2D eigenvalue weighted by atomic mass is 35.5. The number of nitrogens with two attached hydrogens (primary N) is 1. The lowest BCUT2D eigenvalue weighted by molar-refractivity contribution is -0.141. The molecular formula is C22H28ClN3O5S. The van der Waals surface area contributed by atoms with E-state index in [-0.39, 0.29) is 37.3 Å². The van der Waals surface area contributed by atoms with Gasteiger partial charge in [-0.1, -0.05) is 36.4 Å². The fraction of sp³-hybridized carbons (Fsp3) is 0.364. The van der Waals surface area contributed by atoms with E-state index in [1.165, 1.54) is 11.4 Å². The molecule has 0 aliphatic carbocycles. The van der Waals surface area contributed by atoms with E-state index in [9.17, 15) is 13.2 Å². The van der Waals surface area contributed by atoms with Gasteiger partial charge in [-0.25, -0.2) is 8.42 Å². The van der Waals surface area contributed by atoms with Gasteiger partial charge in [0.2, 0.25) is 10.0 Å². The summed E-state index contributed by atoms with van der Waals surface area (Å²) in [5, 5.41) is 7.46. The van der Waals surface area contributed by atoms with Gasteiger partial charge in [0.15, 0.2) is 0 Å². The maximum absolute atomic E-state index is 12.3. The molecule has 3 N–H and O–H groups in total. The zero-order valence-corrected chi connectivity index (χ0v) is 19.6. The lowest BCUT2D eigenvalue weighted by Gasteiger charge is -2.27. The highest BCUT2D eigenvalue weighted by Gasteiger charge is 2.40. The minimum Gasteiger partial charge on any atom is -0.492 e. The van der Waals surface area contributed by atoms with Gasteiger partial charge in [0, 0.05) is 11.6 Å². The highest BCUT2D eigenvalue weighted by Crippen LogP contribution is 2.30. The fourth-order valence-electron chi connectivity index (χ4n) is 3.88. The Balaban J connectivity index is 0.00000363. The van der Waals surface area contributed by atoms with Crippen molar-refractivity contribution in [2.45, 2.75) is 31.3 Å². The van der Waals surface area contributed by atoms with E-state index >= 15 is 0 Å². The molecule has 1 aliphatic rings. The Kier molecular flexibility index (Phi) is 8.65. The second-order valence-electron chi connectivity index (χ2n) is 7.58. The molecule has 0 aromatic heterocycles. The second-order valence-corrected chi connectivity index (χ2v) is 9.47. The van der Waals surface area contributed by atoms with Gasteiger partial charge in [-0.05, 0) is 36.1 Å². The molecule has 1 aliphatic heterocycles. The number of esters is 1. The zero-order valence-electron chi connectivity index (χ0n) is 18.0. The molecule has 1 heterocycles. The Morgan fingerprint density at radius 2 is 1.59 bits per heavy atom. The van der Waals surface area contributed by atoms with Crippen LogP contribution in [-0.4, -0.2) is 56.6 Å². The van der Waals surface area contributed by atoms with Crippen LogP contribution in [0, 0.1) is 5.41 Å². The smallest absolute Gasteiger partial charge is 0.307 e. The SMILES string of the molecule is COC(=O)C[C@@H]1CC[C@@H](COc2ccc(-c3ccc(C(=N)N)cc3)cc2)N1S(C)(=O)=O.Cl. The van der Waals surface area contributed by atoms with Crippen molar-refractivity contribution in [2.24, 2.45) is 5.73 Å². The minimum absolute atomic E-state index is 0. The van der Waals surface area contributed by atoms with E-state index in [4.69, 9.17) is 20.6 Å². The third kappa shape index (κ3) is 6.21. The van der Waals surface area contributed by atoms with E-state index in [0.29, 0.717) is 24.2 Å². The van der Waals surface area contributed by atoms with Crippen LogP contribution in [0.15, 0.2) is 48.5 Å². The maximum atomic E-state index is 12.3. The van der Waals surface area contributed by atoms with Crippen molar-refractivity contribution in [3.8, 4) is 16.9 Å². The highest BCUT2D eigenvalue weighted by molar-refractivity contribution is 7.88. The van der Waals surface area contributed by atoms with Gasteiger partial charge >= 0.3 is 5.97 Å². The molecule has 8 nitrogen and oxygen atoms in total. The molecule has 32 heavy (non-hydrogen) atoms. The van der Waals surface area contributed by atoms with Crippen LogP contribution < -0.4 is 10.5 Å². The van der Waals surface area contributed by atoms with Gasteiger partial charge in [-0.3, -0.25) is 10.2 Å². The average Bonchev–Trinajstić information content (AvgIpc) is 3.15. The van der Waals surface area contributed by atoms with E-state index < -0.39 is 22.0 Å². The summed E-state index contributed by atoms with van der Waals surface area (Å²) in [6, 6.07) is 14.2. The molecule has 2 aromatic carbocycles. The van der Waals surface area contributed by atoms with Crippen LogP contribution in [0.1, 0.15) is 24.8 Å². The molecule has 174 valence electrons. The first-order valence-corrected chi connectivity index (χ1v) is 11.8. The largest absolute Gasteiger partial charge is 0.492 e. The zero-order chi connectivity index (χ0) is 22.6. The number of nitrogens with one attached hydrogen (secondary N) is 1. The van der Waals surface area contributed by atoms with E-state index in [0.717, 1.165) is 17.4 Å². The second kappa shape index (κ2) is 10.8. The molecule has 1 fully saturated rings. The number of hydrogen-bond acceptors (Lipinski definition) is 6. The van der Waals surface area contributed by atoms with Crippen LogP contribution in [0.3, 0.4) is 0 Å². The maximum Gasteiger partial charge on any atom is 0.307 e. The van der Waals surface area contributed by atoms with E-state index in [1.807, 2.05) is 36.4 Å². The van der Waals surface area contributed by atoms with E-state index in [1.54, 1.807) is 12.1 Å². The van der Waals surface area contributed by atoms with Crippen molar-refractivity contribution in [1.82, 2.24) is 4.31 Å². The third-order valence-electron chi connectivity index (χ3n) is 5.39. The lowest BCUT2D eigenvalue weighted by Crippen LogP contribution is -2.44. The van der Waals surface area contributed by atoms with Crippen LogP contribution in [0.25, 0.3) is 11.1 Å². The van der Waals surface area contributed by atoms with Gasteiger partial charge in [0.25, 0.3) is 0 Å². The number of carbonyl (C=O) groups is 1. The van der Waals surface area contributed by atoms with Gasteiger partial charge < -0.3 is 15.2 Å². The summed E-state index contributed by atoms with van der Waals surface area (Å²) in [5.74, 6) is 0.236. The van der Waals surface area contributed by atoms with E-state index in [2.05, 4.69) is 0 Å². The molecule has 0 unspecified atom stereocenters. The molecule has 0 spiro atoms. The Labute approximate surface area is 194 Å². The third-order valence-corrected chi connectivity index (χ3v) is 6.75. The summed E-state index contributed by atoms with van der Waals surface area (Å²) in [5.41, 5.74) is 8.13. The first-order valence-electron chi connectivity index (χ1n) is 9.92. The first-order chi connectivity index (χ1) is 14.7. The normalized spacial score (nSPS) is 18.6. The first kappa shape index (κ1) is 25.6. The summed E-state index contributed by atoms with van der Waals surface area (Å²) >= 11 is 0. The fourth-order valence-corrected chi connectivity index (χ4v) is 5.31. The van der Waals surface area contributed by atoms with Crippen LogP contribution in [0.4, 0.5) is 0 Å². The quantitative estimate of drug-likeness (QED) is 0.339. The molecule has 0 bridgehead atoms. The predicted octanol–water partition coefficient (Wildman–Crippen LogP) is 2.79. The Morgan fingerprint density at radius 1 is 1.06 bits per heavy atom. The number of nitrogens with zero attached hydrogens (tertiary/aromatic N) is 1. The Bertz CT molecular complexity index is 1040. The number of hydrogen-bond donors (Lipinski definition) is 2. The average molecular weight is 482 g/mol. The molecule has 1 saturated heterocycles. The number of methoxy groups -OCH3 is 1. The molecule has 2 aromatic rings. The van der Waals surface area contributed by atoms with Crippen molar-refractivity contribution in [1.29, 1.82) is 5.41 Å². The molecule has 0 radical (unpaired) electrons. The van der Waals surface area contributed by atoms with Crippen LogP contribution in [0.5, 0.6) is 5.75 Å². The van der Waals surface area contributed by atoms with Crippen molar-refractivity contribution in [3.05, 3.63) is 54.1 Å². The standard InChI is InChI=1S/C22H27N3O5S.ClH/c1-29-21(26)13-18-9-10-19(25(18)31(2,27)28)14-30-20-11-7-16(8-12-20)15-3-5-17(6-4-15)22(23)24;/h3-8,11-12,18-19H,9-10,13-14H2,1-2H3,(H3,23,24);1H/t18-,19-;/m0./s1. The number of carbonyl (C=O) groups excluding carboxylic acids is 1. The minimum atomic E-state index is -3.49. The summed E-state index contributed by atoms with van der Waals surface area (Å²) in [6.07, 6.45) is 2.40. The summed E-state index contributed by atoms with van der Waals surface area (Å²) in [4.78, 5) is 11.6. The van der Waals surface area contributed by atoms with Crippen molar-refractivity contribution in [2.75, 3.05) is 20.0 Å². The van der Waals surface area contributed by atoms with Gasteiger partial charge in [0.05, 0.1) is 25.8 Å². The van der Waals surface area contributed by atoms with Crippen molar-refractivity contribution >= 4 is 34.2 Å². The Hall–Kier alpha value is -2.62. The molecule has 3 rings (SSSR count). The number of halogens is 1. The number of sulfonamides is 1. The predicted molar refractivity (Wildman–Crippen MR) is 126 cm³/mol. The number of nitrogen functional groups attached to an aromatic ring is 1. The summed E-state index contributed by atoms with van der Waals surface area (Å²) < 4.78 is 36.5. The summed E-state index contributed by atoms with van der Waals surface area (Å²) in [6.45, 7) is 0.206. The van der Waals surface area contributed by atoms with Crippen molar-refractivity contribution < 1.29 is 22.7 Å². The van der Waals surface area contributed by atoms with Gasteiger partial charge in [-0.15, -0.1) is 12.4 Å². The Morgan fingerprint density at radius 3 is 2.09 bits per heavy atom.